The number of nitrogens with zero attached hydrogens (tertiary/aromatic N) is 2. The molecular weight excluding hydrogens is 316 g/mol. The fourth-order valence-electron chi connectivity index (χ4n) is 2.67. The summed E-state index contributed by atoms with van der Waals surface area (Å²) in [7, 11) is -3.62. The summed E-state index contributed by atoms with van der Waals surface area (Å²) in [5.41, 5.74) is 1.12. The minimum absolute atomic E-state index is 0.0979. The van der Waals surface area contributed by atoms with Crippen LogP contribution in [0.1, 0.15) is 18.3 Å². The lowest BCUT2D eigenvalue weighted by atomic mass is 9.96. The predicted molar refractivity (Wildman–Crippen MR) is 84.3 cm³/mol. The molecule has 0 radical (unpaired) electrons. The van der Waals surface area contributed by atoms with Gasteiger partial charge in [-0.15, -0.1) is 0 Å². The van der Waals surface area contributed by atoms with Crippen LogP contribution in [0.2, 0.25) is 0 Å². The topological polar surface area (TPSA) is 97.0 Å². The highest BCUT2D eigenvalue weighted by Gasteiger charge is 2.32. The standard InChI is InChI=1S/C15H20N4O3S/c1-2-14-17-8-15(18-14)23(20,21)19-13-10-22-9-12(13)7-11-3-5-16-6-4-11/h3-6,8,12-13,19H,2,7,9-10H2,1H3,(H,17,18)/t12-,13+/m1/s1. The number of ether oxygens (including phenoxy) is 1. The van der Waals surface area contributed by atoms with E-state index in [9.17, 15) is 8.42 Å². The largest absolute Gasteiger partial charge is 0.379 e. The van der Waals surface area contributed by atoms with Crippen LogP contribution >= 0.6 is 0 Å². The van der Waals surface area contributed by atoms with Crippen LogP contribution < -0.4 is 4.72 Å². The number of hydrogen-bond acceptors (Lipinski definition) is 5. The molecule has 3 heterocycles. The molecule has 2 N–H and O–H groups in total. The highest BCUT2D eigenvalue weighted by molar-refractivity contribution is 7.89. The molecule has 0 aromatic carbocycles. The SMILES string of the molecule is CCc1ncc(S(=O)(=O)N[C@H]2COC[C@H]2Cc2ccncc2)[nH]1. The molecule has 8 heteroatoms. The third-order valence-electron chi connectivity index (χ3n) is 3.98. The Morgan fingerprint density at radius 2 is 2.13 bits per heavy atom. The summed E-state index contributed by atoms with van der Waals surface area (Å²) in [6.45, 7) is 2.83. The summed E-state index contributed by atoms with van der Waals surface area (Å²) in [5.74, 6) is 0.752. The maximum absolute atomic E-state index is 12.5. The van der Waals surface area contributed by atoms with Crippen molar-refractivity contribution < 1.29 is 13.2 Å². The van der Waals surface area contributed by atoms with E-state index in [-0.39, 0.29) is 17.0 Å². The van der Waals surface area contributed by atoms with Gasteiger partial charge in [-0.25, -0.2) is 18.1 Å². The molecule has 1 aliphatic heterocycles. The van der Waals surface area contributed by atoms with E-state index in [2.05, 4.69) is 19.7 Å². The molecule has 3 rings (SSSR count). The Kier molecular flexibility index (Phi) is 4.74. The lowest BCUT2D eigenvalue weighted by Gasteiger charge is -2.18. The number of imidazole rings is 1. The first kappa shape index (κ1) is 16.1. The number of aromatic amines is 1. The van der Waals surface area contributed by atoms with Gasteiger partial charge < -0.3 is 9.72 Å². The Morgan fingerprint density at radius 3 is 2.83 bits per heavy atom. The zero-order valence-electron chi connectivity index (χ0n) is 12.9. The summed E-state index contributed by atoms with van der Waals surface area (Å²) in [6.07, 6.45) is 6.24. The van der Waals surface area contributed by atoms with Crippen LogP contribution in [0.3, 0.4) is 0 Å². The summed E-state index contributed by atoms with van der Waals surface area (Å²) in [4.78, 5) is 10.9. The van der Waals surface area contributed by atoms with E-state index in [1.54, 1.807) is 12.4 Å². The first-order valence-corrected chi connectivity index (χ1v) is 9.09. The normalized spacial score (nSPS) is 21.6. The number of pyridine rings is 1. The van der Waals surface area contributed by atoms with E-state index < -0.39 is 10.0 Å². The van der Waals surface area contributed by atoms with E-state index in [0.717, 1.165) is 12.0 Å². The molecule has 0 unspecified atom stereocenters. The monoisotopic (exact) mass is 336 g/mol. The van der Waals surface area contributed by atoms with Gasteiger partial charge in [0, 0.05) is 24.7 Å². The number of aromatic nitrogens is 3. The van der Waals surface area contributed by atoms with Crippen molar-refractivity contribution in [2.75, 3.05) is 13.2 Å². The van der Waals surface area contributed by atoms with Gasteiger partial charge in [0.05, 0.1) is 25.5 Å². The minimum atomic E-state index is -3.62. The van der Waals surface area contributed by atoms with Crippen LogP contribution in [0.5, 0.6) is 0 Å². The zero-order chi connectivity index (χ0) is 16.3. The summed E-state index contributed by atoms with van der Waals surface area (Å²) in [6, 6.07) is 3.63. The number of hydrogen-bond donors (Lipinski definition) is 2. The molecule has 23 heavy (non-hydrogen) atoms. The number of nitrogens with one attached hydrogen (secondary N) is 2. The molecule has 1 aliphatic rings. The van der Waals surface area contributed by atoms with Gasteiger partial charge in [-0.1, -0.05) is 6.92 Å². The number of sulfonamides is 1. The smallest absolute Gasteiger partial charge is 0.257 e. The Morgan fingerprint density at radius 1 is 1.35 bits per heavy atom. The maximum Gasteiger partial charge on any atom is 0.257 e. The van der Waals surface area contributed by atoms with Crippen molar-refractivity contribution in [2.45, 2.75) is 30.8 Å². The average Bonchev–Trinajstić information content (AvgIpc) is 3.18. The van der Waals surface area contributed by atoms with E-state index in [4.69, 9.17) is 4.74 Å². The van der Waals surface area contributed by atoms with Crippen LogP contribution in [0, 0.1) is 5.92 Å². The van der Waals surface area contributed by atoms with Crippen LogP contribution in [0.4, 0.5) is 0 Å². The van der Waals surface area contributed by atoms with Gasteiger partial charge in [-0.05, 0) is 24.1 Å². The quantitative estimate of drug-likeness (QED) is 0.817. The third kappa shape index (κ3) is 3.77. The van der Waals surface area contributed by atoms with Crippen molar-refractivity contribution in [1.29, 1.82) is 0 Å². The summed E-state index contributed by atoms with van der Waals surface area (Å²) < 4.78 is 33.2. The van der Waals surface area contributed by atoms with Crippen molar-refractivity contribution in [1.82, 2.24) is 19.7 Å². The van der Waals surface area contributed by atoms with Crippen molar-refractivity contribution in [3.8, 4) is 0 Å². The minimum Gasteiger partial charge on any atom is -0.379 e. The molecule has 0 spiro atoms. The first-order chi connectivity index (χ1) is 11.1. The fourth-order valence-corrected chi connectivity index (χ4v) is 3.90. The molecule has 2 aromatic heterocycles. The van der Waals surface area contributed by atoms with Gasteiger partial charge in [-0.2, -0.15) is 0 Å². The lowest BCUT2D eigenvalue weighted by Crippen LogP contribution is -2.40. The average molecular weight is 336 g/mol. The molecule has 0 saturated carbocycles. The second kappa shape index (κ2) is 6.77. The second-order valence-corrected chi connectivity index (χ2v) is 7.32. The molecule has 1 saturated heterocycles. The molecule has 2 aromatic rings. The Bertz CT molecular complexity index is 745. The van der Waals surface area contributed by atoms with Crippen LogP contribution in [0.15, 0.2) is 35.7 Å². The second-order valence-electron chi connectivity index (χ2n) is 5.63. The van der Waals surface area contributed by atoms with Gasteiger partial charge >= 0.3 is 0 Å². The zero-order valence-corrected chi connectivity index (χ0v) is 13.7. The third-order valence-corrected chi connectivity index (χ3v) is 5.38. The predicted octanol–water partition coefficient (Wildman–Crippen LogP) is 0.903. The molecule has 1 fully saturated rings. The summed E-state index contributed by atoms with van der Waals surface area (Å²) >= 11 is 0. The molecule has 124 valence electrons. The molecule has 7 nitrogen and oxygen atoms in total. The van der Waals surface area contributed by atoms with Gasteiger partial charge in [-0.3, -0.25) is 4.98 Å². The van der Waals surface area contributed by atoms with Gasteiger partial charge in [0.2, 0.25) is 0 Å². The highest BCUT2D eigenvalue weighted by atomic mass is 32.2. The van der Waals surface area contributed by atoms with Gasteiger partial charge in [0.1, 0.15) is 5.82 Å². The Hall–Kier alpha value is -1.77. The van der Waals surface area contributed by atoms with E-state index in [1.165, 1.54) is 6.20 Å². The molecule has 0 bridgehead atoms. The Labute approximate surface area is 135 Å². The van der Waals surface area contributed by atoms with Crippen molar-refractivity contribution in [3.05, 3.63) is 42.1 Å². The number of aryl methyl sites for hydroxylation is 1. The number of rotatable bonds is 6. The molecule has 2 atom stereocenters. The number of H-pyrrole nitrogens is 1. The van der Waals surface area contributed by atoms with Crippen molar-refractivity contribution in [3.63, 3.8) is 0 Å². The van der Waals surface area contributed by atoms with Crippen LogP contribution in [0.25, 0.3) is 0 Å². The van der Waals surface area contributed by atoms with Gasteiger partial charge in [0.25, 0.3) is 10.0 Å². The first-order valence-electron chi connectivity index (χ1n) is 7.61. The molecular formula is C15H20N4O3S. The highest BCUT2D eigenvalue weighted by Crippen LogP contribution is 2.20. The van der Waals surface area contributed by atoms with E-state index in [0.29, 0.717) is 25.5 Å². The van der Waals surface area contributed by atoms with Gasteiger partial charge in [0.15, 0.2) is 5.03 Å². The fraction of sp³-hybridized carbons (Fsp3) is 0.467. The van der Waals surface area contributed by atoms with Crippen LogP contribution in [-0.2, 0) is 27.6 Å². The van der Waals surface area contributed by atoms with Crippen LogP contribution in [-0.4, -0.2) is 42.6 Å². The molecule has 0 amide bonds. The van der Waals surface area contributed by atoms with E-state index in [1.807, 2.05) is 19.1 Å². The maximum atomic E-state index is 12.5. The Balaban J connectivity index is 1.70. The molecule has 0 aliphatic carbocycles. The van der Waals surface area contributed by atoms with Crippen molar-refractivity contribution >= 4 is 10.0 Å². The van der Waals surface area contributed by atoms with E-state index >= 15 is 0 Å². The lowest BCUT2D eigenvalue weighted by molar-refractivity contribution is 0.183. The summed E-state index contributed by atoms with van der Waals surface area (Å²) in [5, 5.41) is 0.101. The van der Waals surface area contributed by atoms with Crippen molar-refractivity contribution in [2.24, 2.45) is 5.92 Å².